The van der Waals surface area contributed by atoms with Crippen LogP contribution in [-0.4, -0.2) is 23.1 Å². The average molecular weight is 353 g/mol. The summed E-state index contributed by atoms with van der Waals surface area (Å²) in [6.07, 6.45) is -0.655. The predicted octanol–water partition coefficient (Wildman–Crippen LogP) is 3.57. The number of aliphatic hydroxyl groups excluding tert-OH is 1. The van der Waals surface area contributed by atoms with Gasteiger partial charge < -0.3 is 15.3 Å². The van der Waals surface area contributed by atoms with Crippen molar-refractivity contribution in [3.63, 3.8) is 0 Å². The summed E-state index contributed by atoms with van der Waals surface area (Å²) in [7, 11) is 1.75. The number of benzene rings is 1. The van der Waals surface area contributed by atoms with Crippen LogP contribution >= 0.6 is 27.3 Å². The van der Waals surface area contributed by atoms with Crippen LogP contribution in [0, 0.1) is 0 Å². The molecular formula is C14H13BrN2O2S. The number of thiophene rings is 1. The molecule has 20 heavy (non-hydrogen) atoms. The number of hydrogen-bond acceptors (Lipinski definition) is 3. The third-order valence-electron chi connectivity index (χ3n) is 3.33. The quantitative estimate of drug-likeness (QED) is 0.867. The maximum atomic E-state index is 11.6. The monoisotopic (exact) mass is 352 g/mol. The SMILES string of the molecule is CN1Cc2cc(C(O)c3sccc3Br)ccc2NC1=O. The van der Waals surface area contributed by atoms with E-state index < -0.39 is 6.10 Å². The van der Waals surface area contributed by atoms with Crippen molar-refractivity contribution in [3.8, 4) is 0 Å². The van der Waals surface area contributed by atoms with Gasteiger partial charge >= 0.3 is 6.03 Å². The van der Waals surface area contributed by atoms with Crippen LogP contribution in [0.3, 0.4) is 0 Å². The minimum Gasteiger partial charge on any atom is -0.383 e. The lowest BCUT2D eigenvalue weighted by Crippen LogP contribution is -2.35. The van der Waals surface area contributed by atoms with Crippen molar-refractivity contribution >= 4 is 39.0 Å². The van der Waals surface area contributed by atoms with Crippen LogP contribution in [0.25, 0.3) is 0 Å². The molecular weight excluding hydrogens is 340 g/mol. The molecule has 0 fully saturated rings. The smallest absolute Gasteiger partial charge is 0.321 e. The van der Waals surface area contributed by atoms with Crippen LogP contribution in [0.1, 0.15) is 22.1 Å². The van der Waals surface area contributed by atoms with Crippen LogP contribution in [0.5, 0.6) is 0 Å². The Balaban J connectivity index is 1.95. The molecule has 0 saturated carbocycles. The first-order valence-corrected chi connectivity index (χ1v) is 7.79. The Morgan fingerprint density at radius 2 is 2.25 bits per heavy atom. The van der Waals surface area contributed by atoms with E-state index in [4.69, 9.17) is 0 Å². The fraction of sp³-hybridized carbons (Fsp3) is 0.214. The summed E-state index contributed by atoms with van der Waals surface area (Å²) in [6, 6.07) is 7.46. The number of rotatable bonds is 2. The van der Waals surface area contributed by atoms with Crippen molar-refractivity contribution in [1.82, 2.24) is 4.90 Å². The van der Waals surface area contributed by atoms with Crippen LogP contribution < -0.4 is 5.32 Å². The van der Waals surface area contributed by atoms with Gasteiger partial charge in [-0.3, -0.25) is 0 Å². The topological polar surface area (TPSA) is 52.6 Å². The summed E-state index contributed by atoms with van der Waals surface area (Å²) in [4.78, 5) is 14.1. The number of amides is 2. The van der Waals surface area contributed by atoms with E-state index in [1.54, 1.807) is 11.9 Å². The highest BCUT2D eigenvalue weighted by molar-refractivity contribution is 9.10. The number of nitrogens with zero attached hydrogens (tertiary/aromatic N) is 1. The van der Waals surface area contributed by atoms with E-state index in [-0.39, 0.29) is 6.03 Å². The van der Waals surface area contributed by atoms with E-state index in [1.807, 2.05) is 29.6 Å². The van der Waals surface area contributed by atoms with Gasteiger partial charge in [0.2, 0.25) is 0 Å². The highest BCUT2D eigenvalue weighted by Crippen LogP contribution is 2.35. The lowest BCUT2D eigenvalue weighted by Gasteiger charge is -2.26. The number of nitrogens with one attached hydrogen (secondary N) is 1. The van der Waals surface area contributed by atoms with E-state index in [9.17, 15) is 9.90 Å². The molecule has 0 saturated heterocycles. The van der Waals surface area contributed by atoms with Crippen molar-refractivity contribution in [1.29, 1.82) is 0 Å². The van der Waals surface area contributed by atoms with Crippen molar-refractivity contribution in [3.05, 3.63) is 50.1 Å². The Morgan fingerprint density at radius 1 is 1.45 bits per heavy atom. The van der Waals surface area contributed by atoms with Gasteiger partial charge in [0, 0.05) is 23.8 Å². The van der Waals surface area contributed by atoms with E-state index in [0.717, 1.165) is 26.2 Å². The fourth-order valence-electron chi connectivity index (χ4n) is 2.23. The number of anilines is 1. The molecule has 1 aliphatic heterocycles. The lowest BCUT2D eigenvalue weighted by molar-refractivity contribution is 0.217. The lowest BCUT2D eigenvalue weighted by atomic mass is 10.0. The minimum atomic E-state index is -0.655. The molecule has 3 rings (SSSR count). The van der Waals surface area contributed by atoms with E-state index >= 15 is 0 Å². The Labute approximate surface area is 129 Å². The first kappa shape index (κ1) is 13.6. The Kier molecular flexibility index (Phi) is 3.54. The number of carbonyl (C=O) groups is 1. The zero-order chi connectivity index (χ0) is 14.3. The van der Waals surface area contributed by atoms with E-state index in [1.165, 1.54) is 11.3 Å². The van der Waals surface area contributed by atoms with Crippen molar-refractivity contribution in [2.45, 2.75) is 12.6 Å². The number of fused-ring (bicyclic) bond motifs is 1. The highest BCUT2D eigenvalue weighted by atomic mass is 79.9. The van der Waals surface area contributed by atoms with Gasteiger partial charge in [-0.05, 0) is 50.6 Å². The molecule has 0 radical (unpaired) electrons. The van der Waals surface area contributed by atoms with Crippen molar-refractivity contribution in [2.75, 3.05) is 12.4 Å². The molecule has 2 N–H and O–H groups in total. The molecule has 0 spiro atoms. The second-order valence-corrected chi connectivity index (χ2v) is 6.54. The largest absolute Gasteiger partial charge is 0.383 e. The average Bonchev–Trinajstić information content (AvgIpc) is 2.85. The number of aliphatic hydroxyl groups is 1. The first-order chi connectivity index (χ1) is 9.56. The van der Waals surface area contributed by atoms with E-state index in [0.29, 0.717) is 6.54 Å². The maximum absolute atomic E-state index is 11.6. The Hall–Kier alpha value is -1.37. The molecule has 4 nitrogen and oxygen atoms in total. The third kappa shape index (κ3) is 2.34. The molecule has 1 aliphatic rings. The molecule has 104 valence electrons. The van der Waals surface area contributed by atoms with Gasteiger partial charge in [0.05, 0.1) is 4.88 Å². The maximum Gasteiger partial charge on any atom is 0.321 e. The zero-order valence-corrected chi connectivity index (χ0v) is 13.2. The minimum absolute atomic E-state index is 0.105. The summed E-state index contributed by atoms with van der Waals surface area (Å²) in [5, 5.41) is 15.2. The Bertz CT molecular complexity index is 671. The molecule has 1 aromatic carbocycles. The standard InChI is InChI=1S/C14H13BrN2O2S/c1-17-7-9-6-8(2-3-11(9)16-14(17)19)12(18)13-10(15)4-5-20-13/h2-6,12,18H,7H2,1H3,(H,16,19). The molecule has 0 bridgehead atoms. The highest BCUT2D eigenvalue weighted by Gasteiger charge is 2.22. The van der Waals surface area contributed by atoms with Crippen molar-refractivity contribution in [2.24, 2.45) is 0 Å². The van der Waals surface area contributed by atoms with Crippen LogP contribution in [-0.2, 0) is 6.54 Å². The van der Waals surface area contributed by atoms with Gasteiger partial charge in [-0.2, -0.15) is 0 Å². The summed E-state index contributed by atoms with van der Waals surface area (Å²) < 4.78 is 0.915. The molecule has 2 heterocycles. The predicted molar refractivity (Wildman–Crippen MR) is 83.0 cm³/mol. The number of hydrogen-bond donors (Lipinski definition) is 2. The van der Waals surface area contributed by atoms with Gasteiger partial charge in [-0.1, -0.05) is 6.07 Å². The molecule has 1 aromatic heterocycles. The summed E-state index contributed by atoms with van der Waals surface area (Å²) in [5.74, 6) is 0. The number of carbonyl (C=O) groups excluding carboxylic acids is 1. The third-order valence-corrected chi connectivity index (χ3v) is 5.26. The van der Waals surface area contributed by atoms with Gasteiger partial charge in [0.25, 0.3) is 0 Å². The fourth-order valence-corrected chi connectivity index (χ4v) is 3.83. The van der Waals surface area contributed by atoms with Crippen LogP contribution in [0.15, 0.2) is 34.1 Å². The molecule has 6 heteroatoms. The van der Waals surface area contributed by atoms with Crippen LogP contribution in [0.4, 0.5) is 10.5 Å². The second kappa shape index (κ2) is 5.20. The van der Waals surface area contributed by atoms with Crippen molar-refractivity contribution < 1.29 is 9.90 Å². The summed E-state index contributed by atoms with van der Waals surface area (Å²) in [6.45, 7) is 0.549. The summed E-state index contributed by atoms with van der Waals surface area (Å²) >= 11 is 4.96. The van der Waals surface area contributed by atoms with Gasteiger partial charge in [0.1, 0.15) is 6.10 Å². The Morgan fingerprint density at radius 3 is 2.95 bits per heavy atom. The zero-order valence-electron chi connectivity index (χ0n) is 10.8. The van der Waals surface area contributed by atoms with Gasteiger partial charge in [-0.15, -0.1) is 11.3 Å². The molecule has 1 atom stereocenters. The number of urea groups is 1. The van der Waals surface area contributed by atoms with E-state index in [2.05, 4.69) is 21.2 Å². The molecule has 0 aliphatic carbocycles. The number of halogens is 1. The molecule has 2 aromatic rings. The normalized spacial score (nSPS) is 15.8. The van der Waals surface area contributed by atoms with Crippen LogP contribution in [0.2, 0.25) is 0 Å². The first-order valence-electron chi connectivity index (χ1n) is 6.12. The van der Waals surface area contributed by atoms with Gasteiger partial charge in [-0.25, -0.2) is 4.79 Å². The molecule has 2 amide bonds. The molecule has 1 unspecified atom stereocenters. The second-order valence-electron chi connectivity index (χ2n) is 4.74. The summed E-state index contributed by atoms with van der Waals surface area (Å²) in [5.41, 5.74) is 2.65. The van der Waals surface area contributed by atoms with Gasteiger partial charge in [0.15, 0.2) is 0 Å².